The second-order valence-electron chi connectivity index (χ2n) is 2.69. The first-order valence-electron chi connectivity index (χ1n) is 3.11. The molecule has 1 atom stereocenters. The average Bonchev–Trinajstić information content (AvgIpc) is 2.33. The Morgan fingerprint density at radius 3 is 2.18 bits per heavy atom. The SMILES string of the molecule is O=S(=O)(F)CCC1CC1(F)F. The molecular formula is C5H7F3O2S. The molecule has 1 aliphatic rings. The Kier molecular flexibility index (Phi) is 1.90. The Morgan fingerprint density at radius 1 is 1.45 bits per heavy atom. The van der Waals surface area contributed by atoms with Crippen LogP contribution >= 0.6 is 0 Å². The predicted molar refractivity (Wildman–Crippen MR) is 32.6 cm³/mol. The minimum atomic E-state index is -4.56. The van der Waals surface area contributed by atoms with Crippen molar-refractivity contribution < 1.29 is 21.1 Å². The zero-order chi connectivity index (χ0) is 8.70. The lowest BCUT2D eigenvalue weighted by molar-refractivity contribution is 0.0982. The van der Waals surface area contributed by atoms with E-state index < -0.39 is 27.8 Å². The summed E-state index contributed by atoms with van der Waals surface area (Å²) in [6.45, 7) is 0. The maximum Gasteiger partial charge on any atom is 0.302 e. The third-order valence-corrected chi connectivity index (χ3v) is 2.39. The molecule has 1 unspecified atom stereocenters. The van der Waals surface area contributed by atoms with Gasteiger partial charge in [-0.15, -0.1) is 3.89 Å². The van der Waals surface area contributed by atoms with Crippen molar-refractivity contribution in [3.8, 4) is 0 Å². The Morgan fingerprint density at radius 2 is 1.91 bits per heavy atom. The summed E-state index contributed by atoms with van der Waals surface area (Å²) in [6, 6.07) is 0. The van der Waals surface area contributed by atoms with E-state index in [1.54, 1.807) is 0 Å². The van der Waals surface area contributed by atoms with Crippen LogP contribution in [0.15, 0.2) is 0 Å². The summed E-state index contributed by atoms with van der Waals surface area (Å²) < 4.78 is 55.6. The van der Waals surface area contributed by atoms with E-state index >= 15 is 0 Å². The van der Waals surface area contributed by atoms with E-state index in [-0.39, 0.29) is 12.8 Å². The number of halogens is 3. The molecule has 1 aliphatic carbocycles. The summed E-state index contributed by atoms with van der Waals surface area (Å²) in [4.78, 5) is 0. The normalized spacial score (nSPS) is 28.5. The molecule has 1 fully saturated rings. The second kappa shape index (κ2) is 2.36. The predicted octanol–water partition coefficient (Wildman–Crippen LogP) is 1.33. The fraction of sp³-hybridized carbons (Fsp3) is 1.00. The minimum absolute atomic E-state index is 0.272. The number of rotatable bonds is 3. The molecule has 0 aliphatic heterocycles. The van der Waals surface area contributed by atoms with Crippen molar-refractivity contribution in [1.29, 1.82) is 0 Å². The molecule has 0 bridgehead atoms. The fourth-order valence-corrected chi connectivity index (χ4v) is 1.43. The highest BCUT2D eigenvalue weighted by Gasteiger charge is 2.56. The Labute approximate surface area is 62.6 Å². The zero-order valence-electron chi connectivity index (χ0n) is 5.56. The molecule has 0 saturated heterocycles. The van der Waals surface area contributed by atoms with Gasteiger partial charge in [0, 0.05) is 12.3 Å². The van der Waals surface area contributed by atoms with Gasteiger partial charge in [-0.25, -0.2) is 8.78 Å². The van der Waals surface area contributed by atoms with E-state index in [4.69, 9.17) is 0 Å². The summed E-state index contributed by atoms with van der Waals surface area (Å²) in [5.74, 6) is -4.45. The van der Waals surface area contributed by atoms with Crippen LogP contribution in [-0.4, -0.2) is 20.1 Å². The molecule has 0 amide bonds. The second-order valence-corrected chi connectivity index (χ2v) is 4.18. The highest BCUT2D eigenvalue weighted by Crippen LogP contribution is 2.50. The van der Waals surface area contributed by atoms with Crippen molar-refractivity contribution in [2.24, 2.45) is 5.92 Å². The molecular weight excluding hydrogens is 181 g/mol. The summed E-state index contributed by atoms with van der Waals surface area (Å²) in [5, 5.41) is 0. The lowest BCUT2D eigenvalue weighted by atomic mass is 10.3. The molecule has 0 aromatic rings. The summed E-state index contributed by atoms with van der Waals surface area (Å²) in [5.41, 5.74) is 0. The molecule has 1 rings (SSSR count). The highest BCUT2D eigenvalue weighted by molar-refractivity contribution is 7.86. The Hall–Kier alpha value is -0.260. The fourth-order valence-electron chi connectivity index (χ4n) is 0.866. The molecule has 0 spiro atoms. The van der Waals surface area contributed by atoms with Gasteiger partial charge in [-0.1, -0.05) is 0 Å². The molecule has 2 nitrogen and oxygen atoms in total. The van der Waals surface area contributed by atoms with Crippen LogP contribution in [0.1, 0.15) is 12.8 Å². The average molecular weight is 188 g/mol. The quantitative estimate of drug-likeness (QED) is 0.626. The number of hydrogen-bond donors (Lipinski definition) is 0. The van der Waals surface area contributed by atoms with Gasteiger partial charge >= 0.3 is 10.2 Å². The molecule has 66 valence electrons. The van der Waals surface area contributed by atoms with Crippen LogP contribution in [0.3, 0.4) is 0 Å². The first-order valence-corrected chi connectivity index (χ1v) is 4.67. The van der Waals surface area contributed by atoms with Crippen LogP contribution in [0, 0.1) is 5.92 Å². The van der Waals surface area contributed by atoms with Gasteiger partial charge in [0.05, 0.1) is 5.75 Å². The molecule has 0 heterocycles. The van der Waals surface area contributed by atoms with Crippen molar-refractivity contribution >= 4 is 10.2 Å². The van der Waals surface area contributed by atoms with Crippen molar-refractivity contribution in [2.45, 2.75) is 18.8 Å². The van der Waals surface area contributed by atoms with Crippen molar-refractivity contribution in [2.75, 3.05) is 5.75 Å². The minimum Gasteiger partial charge on any atom is -0.207 e. The molecule has 11 heavy (non-hydrogen) atoms. The van der Waals surface area contributed by atoms with Crippen LogP contribution in [0.4, 0.5) is 12.7 Å². The van der Waals surface area contributed by atoms with Gasteiger partial charge in [0.1, 0.15) is 0 Å². The van der Waals surface area contributed by atoms with E-state index in [1.807, 2.05) is 0 Å². The van der Waals surface area contributed by atoms with Crippen LogP contribution < -0.4 is 0 Å². The molecule has 6 heteroatoms. The van der Waals surface area contributed by atoms with Crippen LogP contribution in [-0.2, 0) is 10.2 Å². The van der Waals surface area contributed by atoms with Crippen LogP contribution in [0.5, 0.6) is 0 Å². The third-order valence-electron chi connectivity index (χ3n) is 1.67. The Bertz CT molecular complexity index is 246. The number of alkyl halides is 2. The van der Waals surface area contributed by atoms with Gasteiger partial charge in [-0.3, -0.25) is 0 Å². The van der Waals surface area contributed by atoms with Gasteiger partial charge in [-0.05, 0) is 6.42 Å². The first kappa shape index (κ1) is 8.83. The summed E-state index contributed by atoms with van der Waals surface area (Å²) in [7, 11) is -4.56. The van der Waals surface area contributed by atoms with Gasteiger partial charge in [0.2, 0.25) is 0 Å². The third kappa shape index (κ3) is 2.69. The van der Waals surface area contributed by atoms with Crippen molar-refractivity contribution in [1.82, 2.24) is 0 Å². The highest BCUT2D eigenvalue weighted by atomic mass is 32.3. The molecule has 0 radical (unpaired) electrons. The number of hydrogen-bond acceptors (Lipinski definition) is 2. The summed E-state index contributed by atoms with van der Waals surface area (Å²) in [6.07, 6.45) is -0.575. The van der Waals surface area contributed by atoms with E-state index in [2.05, 4.69) is 0 Å². The van der Waals surface area contributed by atoms with E-state index in [1.165, 1.54) is 0 Å². The largest absolute Gasteiger partial charge is 0.302 e. The molecule has 0 N–H and O–H groups in total. The molecule has 0 aromatic carbocycles. The van der Waals surface area contributed by atoms with Gasteiger partial charge in [-0.2, -0.15) is 8.42 Å². The lowest BCUT2D eigenvalue weighted by Gasteiger charge is -1.93. The van der Waals surface area contributed by atoms with Crippen LogP contribution in [0.25, 0.3) is 0 Å². The monoisotopic (exact) mass is 188 g/mol. The molecule has 0 aromatic heterocycles. The van der Waals surface area contributed by atoms with Gasteiger partial charge in [0.15, 0.2) is 0 Å². The van der Waals surface area contributed by atoms with E-state index in [0.717, 1.165) is 0 Å². The van der Waals surface area contributed by atoms with E-state index in [0.29, 0.717) is 0 Å². The van der Waals surface area contributed by atoms with Gasteiger partial charge in [0.25, 0.3) is 5.92 Å². The first-order chi connectivity index (χ1) is 4.81. The maximum atomic E-state index is 12.1. The van der Waals surface area contributed by atoms with Crippen LogP contribution in [0.2, 0.25) is 0 Å². The summed E-state index contributed by atoms with van der Waals surface area (Å²) >= 11 is 0. The van der Waals surface area contributed by atoms with Crippen molar-refractivity contribution in [3.63, 3.8) is 0 Å². The van der Waals surface area contributed by atoms with Gasteiger partial charge < -0.3 is 0 Å². The smallest absolute Gasteiger partial charge is 0.207 e. The zero-order valence-corrected chi connectivity index (χ0v) is 6.37. The standard InChI is InChI=1S/C5H7F3O2S/c6-5(7)3-4(5)1-2-11(8,9)10/h4H,1-3H2. The Balaban J connectivity index is 2.27. The van der Waals surface area contributed by atoms with E-state index in [9.17, 15) is 21.1 Å². The van der Waals surface area contributed by atoms with Crippen molar-refractivity contribution in [3.05, 3.63) is 0 Å². The maximum absolute atomic E-state index is 12.1. The topological polar surface area (TPSA) is 34.1 Å². The lowest BCUT2D eigenvalue weighted by Crippen LogP contribution is -2.02. The molecule has 1 saturated carbocycles.